The second-order valence-electron chi connectivity index (χ2n) is 5.95. The Balaban J connectivity index is 1.64. The van der Waals surface area contributed by atoms with Gasteiger partial charge in [0.1, 0.15) is 12.1 Å². The number of carboxylic acid groups (broad SMARTS) is 1. The minimum absolute atomic E-state index is 0.0411. The molecule has 6 heteroatoms. The zero-order chi connectivity index (χ0) is 14.7. The molecule has 1 aromatic rings. The lowest BCUT2D eigenvalue weighted by atomic mass is 9.97. The molecule has 0 spiro atoms. The van der Waals surface area contributed by atoms with Gasteiger partial charge in [-0.3, -0.25) is 4.79 Å². The average Bonchev–Trinajstić information content (AvgIpc) is 2.95. The molecule has 0 saturated carbocycles. The van der Waals surface area contributed by atoms with Crippen molar-refractivity contribution in [2.45, 2.75) is 32.1 Å². The van der Waals surface area contributed by atoms with Gasteiger partial charge < -0.3 is 15.3 Å². The molecule has 21 heavy (non-hydrogen) atoms. The van der Waals surface area contributed by atoms with Crippen LogP contribution in [0.5, 0.6) is 0 Å². The number of aliphatic carboxylic acids is 1. The van der Waals surface area contributed by atoms with E-state index in [-0.39, 0.29) is 6.54 Å². The van der Waals surface area contributed by atoms with Crippen LogP contribution in [0.25, 0.3) is 0 Å². The van der Waals surface area contributed by atoms with E-state index in [4.69, 9.17) is 5.11 Å². The molecule has 1 aromatic heterocycles. The van der Waals surface area contributed by atoms with E-state index in [1.54, 1.807) is 6.33 Å². The monoisotopic (exact) mass is 290 g/mol. The first-order valence-electron chi connectivity index (χ1n) is 7.74. The third-order valence-corrected chi connectivity index (χ3v) is 4.38. The number of hydrogen-bond acceptors (Lipinski definition) is 5. The minimum atomic E-state index is -0.795. The van der Waals surface area contributed by atoms with Gasteiger partial charge in [-0.05, 0) is 38.0 Å². The minimum Gasteiger partial charge on any atom is -0.480 e. The normalized spacial score (nSPS) is 21.3. The summed E-state index contributed by atoms with van der Waals surface area (Å²) in [7, 11) is 0. The Morgan fingerprint density at radius 1 is 1.38 bits per heavy atom. The van der Waals surface area contributed by atoms with E-state index in [2.05, 4.69) is 20.2 Å². The Morgan fingerprint density at radius 2 is 2.29 bits per heavy atom. The predicted molar refractivity (Wildman–Crippen MR) is 79.5 cm³/mol. The van der Waals surface area contributed by atoms with Gasteiger partial charge in [-0.2, -0.15) is 0 Å². The lowest BCUT2D eigenvalue weighted by Crippen LogP contribution is -2.41. The summed E-state index contributed by atoms with van der Waals surface area (Å²) in [6.07, 6.45) is 7.31. The van der Waals surface area contributed by atoms with Gasteiger partial charge in [-0.15, -0.1) is 0 Å². The average molecular weight is 290 g/mol. The van der Waals surface area contributed by atoms with Gasteiger partial charge in [0.2, 0.25) is 0 Å². The molecule has 1 aliphatic heterocycles. The molecule has 0 bridgehead atoms. The van der Waals surface area contributed by atoms with Gasteiger partial charge in [-0.25, -0.2) is 9.97 Å². The van der Waals surface area contributed by atoms with Crippen LogP contribution in [-0.2, 0) is 17.6 Å². The molecule has 1 aliphatic carbocycles. The summed E-state index contributed by atoms with van der Waals surface area (Å²) < 4.78 is 0. The van der Waals surface area contributed by atoms with Crippen LogP contribution in [0.1, 0.15) is 30.5 Å². The molecule has 114 valence electrons. The predicted octanol–water partition coefficient (Wildman–Crippen LogP) is 0.856. The fourth-order valence-corrected chi connectivity index (χ4v) is 3.42. The highest BCUT2D eigenvalue weighted by Crippen LogP contribution is 2.30. The van der Waals surface area contributed by atoms with E-state index in [1.165, 1.54) is 17.7 Å². The van der Waals surface area contributed by atoms with E-state index in [9.17, 15) is 4.79 Å². The van der Waals surface area contributed by atoms with Crippen molar-refractivity contribution >= 4 is 11.8 Å². The van der Waals surface area contributed by atoms with E-state index in [0.29, 0.717) is 5.92 Å². The first-order valence-corrected chi connectivity index (χ1v) is 7.74. The maximum Gasteiger partial charge on any atom is 0.317 e. The Bertz CT molecular complexity index is 520. The number of nitrogens with one attached hydrogen (secondary N) is 1. The molecule has 0 radical (unpaired) electrons. The fourth-order valence-electron chi connectivity index (χ4n) is 3.42. The highest BCUT2D eigenvalue weighted by Gasteiger charge is 2.25. The highest BCUT2D eigenvalue weighted by molar-refractivity contribution is 5.68. The van der Waals surface area contributed by atoms with E-state index in [1.807, 2.05) is 0 Å². The molecule has 2 heterocycles. The van der Waals surface area contributed by atoms with Crippen molar-refractivity contribution in [1.82, 2.24) is 15.3 Å². The van der Waals surface area contributed by atoms with Gasteiger partial charge in [0.05, 0.1) is 6.54 Å². The topological polar surface area (TPSA) is 78.4 Å². The smallest absolute Gasteiger partial charge is 0.317 e. The number of fused-ring (bicyclic) bond motifs is 1. The summed E-state index contributed by atoms with van der Waals surface area (Å²) in [5, 5.41) is 11.7. The van der Waals surface area contributed by atoms with Crippen LogP contribution in [0, 0.1) is 5.92 Å². The molecule has 6 nitrogen and oxygen atoms in total. The molecule has 2 N–H and O–H groups in total. The van der Waals surface area contributed by atoms with Crippen molar-refractivity contribution in [1.29, 1.82) is 0 Å². The maximum atomic E-state index is 10.6. The second-order valence-corrected chi connectivity index (χ2v) is 5.95. The first-order chi connectivity index (χ1) is 10.2. The van der Waals surface area contributed by atoms with Crippen LogP contribution in [0.15, 0.2) is 6.33 Å². The largest absolute Gasteiger partial charge is 0.480 e. The van der Waals surface area contributed by atoms with Crippen molar-refractivity contribution in [3.05, 3.63) is 17.6 Å². The van der Waals surface area contributed by atoms with Crippen molar-refractivity contribution in [3.8, 4) is 0 Å². The molecule has 0 aromatic carbocycles. The fraction of sp³-hybridized carbons (Fsp3) is 0.667. The van der Waals surface area contributed by atoms with E-state index < -0.39 is 5.97 Å². The summed E-state index contributed by atoms with van der Waals surface area (Å²) >= 11 is 0. The van der Waals surface area contributed by atoms with Gasteiger partial charge in [0.25, 0.3) is 0 Å². The van der Waals surface area contributed by atoms with Crippen molar-refractivity contribution < 1.29 is 9.90 Å². The second kappa shape index (κ2) is 6.39. The van der Waals surface area contributed by atoms with Crippen LogP contribution in [-0.4, -0.2) is 47.2 Å². The molecule has 1 saturated heterocycles. The SMILES string of the molecule is O=C(O)CNCC1CCCN(c2ncnc3c2CCC3)C1. The van der Waals surface area contributed by atoms with E-state index in [0.717, 1.165) is 51.1 Å². The molecular formula is C15H22N4O2. The third-order valence-electron chi connectivity index (χ3n) is 4.38. The molecule has 3 rings (SSSR count). The lowest BCUT2D eigenvalue weighted by Gasteiger charge is -2.34. The van der Waals surface area contributed by atoms with Crippen LogP contribution in [0.4, 0.5) is 5.82 Å². The van der Waals surface area contributed by atoms with Gasteiger partial charge in [0.15, 0.2) is 0 Å². The van der Waals surface area contributed by atoms with Gasteiger partial charge >= 0.3 is 5.97 Å². The zero-order valence-corrected chi connectivity index (χ0v) is 12.2. The van der Waals surface area contributed by atoms with Crippen LogP contribution >= 0.6 is 0 Å². The Kier molecular flexibility index (Phi) is 4.34. The summed E-state index contributed by atoms with van der Waals surface area (Å²) in [6.45, 7) is 2.80. The Hall–Kier alpha value is -1.69. The Morgan fingerprint density at radius 3 is 3.14 bits per heavy atom. The molecule has 1 unspecified atom stereocenters. The van der Waals surface area contributed by atoms with Crippen LogP contribution < -0.4 is 10.2 Å². The first kappa shape index (κ1) is 14.3. The van der Waals surface area contributed by atoms with Gasteiger partial charge in [0, 0.05) is 30.9 Å². The number of carboxylic acids is 1. The van der Waals surface area contributed by atoms with Crippen molar-refractivity contribution in [2.75, 3.05) is 31.1 Å². The number of nitrogens with zero attached hydrogens (tertiary/aromatic N) is 3. The maximum absolute atomic E-state index is 10.6. The number of anilines is 1. The standard InChI is InChI=1S/C15H22N4O2/c20-14(21)8-16-7-11-3-2-6-19(9-11)15-12-4-1-5-13(12)17-10-18-15/h10-11,16H,1-9H2,(H,20,21). The summed E-state index contributed by atoms with van der Waals surface area (Å²) in [6, 6.07) is 0. The number of aromatic nitrogens is 2. The lowest BCUT2D eigenvalue weighted by molar-refractivity contribution is -0.136. The number of aryl methyl sites for hydroxylation is 1. The zero-order valence-electron chi connectivity index (χ0n) is 12.2. The number of piperidine rings is 1. The Labute approximate surface area is 124 Å². The summed E-state index contributed by atoms with van der Waals surface area (Å²) in [5.74, 6) is 0.807. The quantitative estimate of drug-likeness (QED) is 0.837. The molecular weight excluding hydrogens is 268 g/mol. The molecule has 0 amide bonds. The number of rotatable bonds is 5. The summed E-state index contributed by atoms with van der Waals surface area (Å²) in [4.78, 5) is 21.8. The number of carbonyl (C=O) groups is 1. The van der Waals surface area contributed by atoms with Gasteiger partial charge in [-0.1, -0.05) is 0 Å². The van der Waals surface area contributed by atoms with Crippen LogP contribution in [0.3, 0.4) is 0 Å². The highest BCUT2D eigenvalue weighted by atomic mass is 16.4. The molecule has 1 atom stereocenters. The number of hydrogen-bond donors (Lipinski definition) is 2. The van der Waals surface area contributed by atoms with Crippen molar-refractivity contribution in [3.63, 3.8) is 0 Å². The van der Waals surface area contributed by atoms with Crippen molar-refractivity contribution in [2.24, 2.45) is 5.92 Å². The van der Waals surface area contributed by atoms with Crippen LogP contribution in [0.2, 0.25) is 0 Å². The third kappa shape index (κ3) is 3.32. The van der Waals surface area contributed by atoms with E-state index >= 15 is 0 Å². The molecule has 2 aliphatic rings. The summed E-state index contributed by atoms with van der Waals surface area (Å²) in [5.41, 5.74) is 2.54. The molecule has 1 fully saturated rings.